The van der Waals surface area contributed by atoms with Gasteiger partial charge in [-0.1, -0.05) is 12.1 Å². The van der Waals surface area contributed by atoms with E-state index in [-0.39, 0.29) is 11.3 Å². The van der Waals surface area contributed by atoms with Crippen LogP contribution in [-0.2, 0) is 4.74 Å². The highest BCUT2D eigenvalue weighted by Gasteiger charge is 2.46. The molecule has 0 radical (unpaired) electrons. The highest BCUT2D eigenvalue weighted by atomic mass is 32.2. The van der Waals surface area contributed by atoms with E-state index < -0.39 is 53.8 Å². The highest BCUT2D eigenvalue weighted by molar-refractivity contribution is 7.99. The van der Waals surface area contributed by atoms with E-state index in [4.69, 9.17) is 4.74 Å². The first-order valence-corrected chi connectivity index (χ1v) is 9.23. The average molecular weight is 405 g/mol. The summed E-state index contributed by atoms with van der Waals surface area (Å²) in [5, 5.41) is 38.0. The molecule has 1 aromatic carbocycles. The summed E-state index contributed by atoms with van der Waals surface area (Å²) >= 11 is 1.29. The Morgan fingerprint density at radius 2 is 1.85 bits per heavy atom. The molecule has 2 aromatic rings. The first-order valence-electron chi connectivity index (χ1n) is 8.18. The molecule has 0 spiro atoms. The molecule has 1 aliphatic rings. The molecule has 0 unspecified atom stereocenters. The van der Waals surface area contributed by atoms with Crippen LogP contribution in [0.2, 0.25) is 0 Å². The van der Waals surface area contributed by atoms with Gasteiger partial charge in [0.15, 0.2) is 17.5 Å². The van der Waals surface area contributed by atoms with Crippen LogP contribution in [0.1, 0.15) is 13.0 Å². The maximum absolute atomic E-state index is 13.4. The SMILES string of the molecule is CCS[C@H]1O[C@H](CO)[C@H](O)[C@H](n2cc(-c3cc(F)c(F)c(F)c3)nn2)[C@H]1O. The van der Waals surface area contributed by atoms with Crippen LogP contribution in [0.4, 0.5) is 13.2 Å². The summed E-state index contributed by atoms with van der Waals surface area (Å²) < 4.78 is 46.7. The summed E-state index contributed by atoms with van der Waals surface area (Å²) in [7, 11) is 0. The van der Waals surface area contributed by atoms with Gasteiger partial charge in [0.1, 0.15) is 35.5 Å². The lowest BCUT2D eigenvalue weighted by atomic mass is 9.97. The molecule has 5 atom stereocenters. The van der Waals surface area contributed by atoms with Crippen molar-refractivity contribution in [2.24, 2.45) is 0 Å². The van der Waals surface area contributed by atoms with E-state index in [1.165, 1.54) is 18.0 Å². The molecule has 3 N–H and O–H groups in total. The van der Waals surface area contributed by atoms with Gasteiger partial charge in [0.2, 0.25) is 0 Å². The number of aromatic nitrogens is 3. The number of hydrogen-bond donors (Lipinski definition) is 3. The normalized spacial score (nSPS) is 28.5. The van der Waals surface area contributed by atoms with Crippen molar-refractivity contribution in [1.82, 2.24) is 15.0 Å². The summed E-state index contributed by atoms with van der Waals surface area (Å²) in [6.45, 7) is 1.39. The number of benzene rings is 1. The average Bonchev–Trinajstić information content (AvgIpc) is 3.11. The first kappa shape index (κ1) is 20.1. The molecule has 3 rings (SSSR count). The number of aliphatic hydroxyl groups is 3. The lowest BCUT2D eigenvalue weighted by Gasteiger charge is -2.41. The van der Waals surface area contributed by atoms with Crippen LogP contribution in [-0.4, -0.2) is 66.4 Å². The summed E-state index contributed by atoms with van der Waals surface area (Å²) in [5.41, 5.74) is -0.736. The molecule has 1 saturated heterocycles. The zero-order chi connectivity index (χ0) is 19.7. The maximum Gasteiger partial charge on any atom is 0.194 e. The Morgan fingerprint density at radius 3 is 2.44 bits per heavy atom. The van der Waals surface area contributed by atoms with Crippen molar-refractivity contribution in [3.63, 3.8) is 0 Å². The fraction of sp³-hybridized carbons (Fsp3) is 0.500. The molecule has 0 bridgehead atoms. The molecular formula is C16H18F3N3O4S. The van der Waals surface area contributed by atoms with Crippen LogP contribution in [0.3, 0.4) is 0 Å². The molecule has 11 heteroatoms. The fourth-order valence-electron chi connectivity index (χ4n) is 2.94. The highest BCUT2D eigenvalue weighted by Crippen LogP contribution is 2.35. The van der Waals surface area contributed by atoms with Crippen LogP contribution >= 0.6 is 11.8 Å². The van der Waals surface area contributed by atoms with E-state index >= 15 is 0 Å². The largest absolute Gasteiger partial charge is 0.394 e. The number of halogens is 3. The van der Waals surface area contributed by atoms with E-state index in [9.17, 15) is 28.5 Å². The van der Waals surface area contributed by atoms with Crippen molar-refractivity contribution < 1.29 is 33.2 Å². The molecule has 0 amide bonds. The van der Waals surface area contributed by atoms with Gasteiger partial charge in [0.05, 0.1) is 12.8 Å². The topological polar surface area (TPSA) is 101 Å². The summed E-state index contributed by atoms with van der Waals surface area (Å²) in [6, 6.07) is 0.544. The number of thioether (sulfide) groups is 1. The van der Waals surface area contributed by atoms with Crippen LogP contribution in [0.5, 0.6) is 0 Å². The Kier molecular flexibility index (Phi) is 6.06. The number of ether oxygens (including phenoxy) is 1. The number of rotatable bonds is 5. The lowest BCUT2D eigenvalue weighted by molar-refractivity contribution is -0.178. The molecule has 148 valence electrons. The Labute approximate surface area is 156 Å². The molecular weight excluding hydrogens is 387 g/mol. The van der Waals surface area contributed by atoms with Gasteiger partial charge >= 0.3 is 0 Å². The van der Waals surface area contributed by atoms with Gasteiger partial charge < -0.3 is 20.1 Å². The third kappa shape index (κ3) is 3.83. The van der Waals surface area contributed by atoms with Crippen LogP contribution in [0.15, 0.2) is 18.3 Å². The number of aliphatic hydroxyl groups excluding tert-OH is 3. The number of hydrogen-bond acceptors (Lipinski definition) is 7. The minimum atomic E-state index is -1.59. The van der Waals surface area contributed by atoms with Crippen LogP contribution in [0, 0.1) is 17.5 Å². The van der Waals surface area contributed by atoms with Crippen molar-refractivity contribution in [3.8, 4) is 11.3 Å². The monoisotopic (exact) mass is 405 g/mol. The van der Waals surface area contributed by atoms with Crippen LogP contribution < -0.4 is 0 Å². The zero-order valence-electron chi connectivity index (χ0n) is 14.2. The van der Waals surface area contributed by atoms with E-state index in [0.717, 1.165) is 16.8 Å². The molecule has 1 fully saturated rings. The van der Waals surface area contributed by atoms with E-state index in [1.807, 2.05) is 6.92 Å². The molecule has 2 heterocycles. The first-order chi connectivity index (χ1) is 12.9. The van der Waals surface area contributed by atoms with E-state index in [0.29, 0.717) is 5.75 Å². The number of nitrogens with zero attached hydrogens (tertiary/aromatic N) is 3. The molecule has 1 aliphatic heterocycles. The van der Waals surface area contributed by atoms with Crippen molar-refractivity contribution >= 4 is 11.8 Å². The van der Waals surface area contributed by atoms with Crippen molar-refractivity contribution in [2.45, 2.75) is 36.7 Å². The van der Waals surface area contributed by atoms with Crippen molar-refractivity contribution in [1.29, 1.82) is 0 Å². The lowest BCUT2D eigenvalue weighted by Crippen LogP contribution is -2.55. The molecule has 7 nitrogen and oxygen atoms in total. The van der Waals surface area contributed by atoms with Gasteiger partial charge in [-0.05, 0) is 17.9 Å². The third-order valence-electron chi connectivity index (χ3n) is 4.27. The Hall–Kier alpha value is -1.66. The van der Waals surface area contributed by atoms with Crippen molar-refractivity contribution in [2.75, 3.05) is 12.4 Å². The van der Waals surface area contributed by atoms with Gasteiger partial charge in [0.25, 0.3) is 0 Å². The minimum Gasteiger partial charge on any atom is -0.394 e. The molecule has 0 saturated carbocycles. The second kappa shape index (κ2) is 8.15. The summed E-state index contributed by atoms with van der Waals surface area (Å²) in [5.74, 6) is -3.71. The predicted octanol–water partition coefficient (Wildman–Crippen LogP) is 1.10. The second-order valence-electron chi connectivity index (χ2n) is 5.99. The molecule has 27 heavy (non-hydrogen) atoms. The Bertz CT molecular complexity index is 786. The maximum atomic E-state index is 13.4. The van der Waals surface area contributed by atoms with Crippen LogP contribution in [0.25, 0.3) is 11.3 Å². The quantitative estimate of drug-likeness (QED) is 0.641. The molecule has 0 aliphatic carbocycles. The third-order valence-corrected chi connectivity index (χ3v) is 5.33. The Morgan fingerprint density at radius 1 is 1.19 bits per heavy atom. The summed E-state index contributed by atoms with van der Waals surface area (Å²) in [4.78, 5) is 0. The van der Waals surface area contributed by atoms with Gasteiger partial charge in [-0.3, -0.25) is 0 Å². The molecule has 1 aromatic heterocycles. The summed E-state index contributed by atoms with van der Waals surface area (Å²) in [6.07, 6.45) is -2.15. The fourth-order valence-corrected chi connectivity index (χ4v) is 3.85. The van der Waals surface area contributed by atoms with Crippen molar-refractivity contribution in [3.05, 3.63) is 35.8 Å². The van der Waals surface area contributed by atoms with Gasteiger partial charge in [-0.15, -0.1) is 16.9 Å². The minimum absolute atomic E-state index is 0.0268. The van der Waals surface area contributed by atoms with E-state index in [1.54, 1.807) is 0 Å². The predicted molar refractivity (Wildman–Crippen MR) is 90.3 cm³/mol. The zero-order valence-corrected chi connectivity index (χ0v) is 15.0. The van der Waals surface area contributed by atoms with Gasteiger partial charge in [0, 0.05) is 5.56 Å². The van der Waals surface area contributed by atoms with Gasteiger partial charge in [-0.2, -0.15) is 0 Å². The standard InChI is InChI=1S/C16H18F3N3O4S/c1-2-27-16-15(25)13(14(24)11(6-23)26-16)22-5-10(20-21-22)7-3-8(17)12(19)9(18)4-7/h3-5,11,13-16,23-25H,2,6H2,1H3/t11-,13+,14+,15-,16-/m1/s1. The Balaban J connectivity index is 1.93. The smallest absolute Gasteiger partial charge is 0.194 e. The van der Waals surface area contributed by atoms with Gasteiger partial charge in [-0.25, -0.2) is 17.9 Å². The van der Waals surface area contributed by atoms with E-state index in [2.05, 4.69) is 10.3 Å². The second-order valence-corrected chi connectivity index (χ2v) is 7.37.